The normalized spacial score (nSPS) is 12.8. The first-order valence-corrected chi connectivity index (χ1v) is 8.81. The van der Waals surface area contributed by atoms with Crippen molar-refractivity contribution in [3.8, 4) is 10.6 Å². The number of hydrogen-bond acceptors (Lipinski definition) is 5. The third-order valence-corrected chi connectivity index (χ3v) is 4.46. The highest BCUT2D eigenvalue weighted by Crippen LogP contribution is 2.29. The molecule has 0 fully saturated rings. The zero-order valence-electron chi connectivity index (χ0n) is 14.8. The number of thiophene rings is 1. The molecule has 2 rings (SSSR count). The molecule has 2 aromatic rings. The van der Waals surface area contributed by atoms with Crippen LogP contribution in [0.4, 0.5) is 0 Å². The van der Waals surface area contributed by atoms with E-state index in [1.165, 1.54) is 11.3 Å². The summed E-state index contributed by atoms with van der Waals surface area (Å²) in [4.78, 5) is 25.0. The molecule has 0 aliphatic heterocycles. The average Bonchev–Trinajstić information content (AvgIpc) is 3.13. The summed E-state index contributed by atoms with van der Waals surface area (Å²) in [7, 11) is 0. The Balaban J connectivity index is 1.99. The predicted molar refractivity (Wildman–Crippen MR) is 96.0 cm³/mol. The highest BCUT2D eigenvalue weighted by Gasteiger charge is 2.23. The van der Waals surface area contributed by atoms with Gasteiger partial charge >= 0.3 is 5.97 Å². The van der Waals surface area contributed by atoms with Crippen LogP contribution in [0.1, 0.15) is 42.6 Å². The highest BCUT2D eigenvalue weighted by atomic mass is 32.1. The Morgan fingerprint density at radius 2 is 2.00 bits per heavy atom. The van der Waals surface area contributed by atoms with E-state index in [4.69, 9.17) is 9.15 Å². The van der Waals surface area contributed by atoms with Crippen molar-refractivity contribution in [3.05, 3.63) is 34.9 Å². The van der Waals surface area contributed by atoms with Gasteiger partial charge in [-0.05, 0) is 52.0 Å². The van der Waals surface area contributed by atoms with E-state index in [9.17, 15) is 14.7 Å². The molecule has 7 heteroatoms. The summed E-state index contributed by atoms with van der Waals surface area (Å²) in [6, 6.07) is 6.15. The molecule has 1 amide bonds. The van der Waals surface area contributed by atoms with Gasteiger partial charge in [0.2, 0.25) is 0 Å². The number of carbonyl (C=O) groups excluding carboxylic acids is 1. The number of hydrogen-bond donors (Lipinski definition) is 2. The van der Waals surface area contributed by atoms with Crippen molar-refractivity contribution < 1.29 is 23.8 Å². The summed E-state index contributed by atoms with van der Waals surface area (Å²) in [5, 5.41) is 11.9. The zero-order chi connectivity index (χ0) is 18.6. The van der Waals surface area contributed by atoms with Crippen molar-refractivity contribution in [1.29, 1.82) is 0 Å². The number of ether oxygens (including phenoxy) is 1. The minimum absolute atomic E-state index is 0.202. The van der Waals surface area contributed by atoms with Crippen molar-refractivity contribution in [2.24, 2.45) is 0 Å². The Bertz CT molecular complexity index is 741. The van der Waals surface area contributed by atoms with Gasteiger partial charge in [-0.2, -0.15) is 0 Å². The molecule has 2 heterocycles. The molecular weight excluding hydrogens is 342 g/mol. The van der Waals surface area contributed by atoms with Gasteiger partial charge in [-0.3, -0.25) is 4.79 Å². The summed E-state index contributed by atoms with van der Waals surface area (Å²) in [6.45, 7) is 7.78. The maximum Gasteiger partial charge on any atom is 0.326 e. The molecule has 0 saturated heterocycles. The molecule has 0 saturated carbocycles. The summed E-state index contributed by atoms with van der Waals surface area (Å²) >= 11 is 1.26. The monoisotopic (exact) mass is 365 g/mol. The van der Waals surface area contributed by atoms with Crippen LogP contribution in [-0.4, -0.2) is 35.2 Å². The molecule has 0 bridgehead atoms. The van der Waals surface area contributed by atoms with E-state index >= 15 is 0 Å². The fourth-order valence-corrected chi connectivity index (χ4v) is 3.00. The second kappa shape index (κ2) is 7.84. The zero-order valence-corrected chi connectivity index (χ0v) is 15.6. The number of furan rings is 1. The lowest BCUT2D eigenvalue weighted by Crippen LogP contribution is -2.41. The Morgan fingerprint density at radius 1 is 1.28 bits per heavy atom. The molecule has 0 aliphatic rings. The smallest absolute Gasteiger partial charge is 0.326 e. The maximum atomic E-state index is 12.3. The summed E-state index contributed by atoms with van der Waals surface area (Å²) in [5.41, 5.74) is -0.350. The standard InChI is InChI=1S/C18H23NO5S/c1-11-5-6-13(24-11)14-7-8-15(25-14)16(20)19-12(17(21)22)9-10-23-18(2,3)4/h5-8,12H,9-10H2,1-4H3,(H,19,20)(H,21,22). The van der Waals surface area contributed by atoms with E-state index in [0.717, 1.165) is 10.6 Å². The van der Waals surface area contributed by atoms with Gasteiger partial charge in [-0.15, -0.1) is 11.3 Å². The van der Waals surface area contributed by atoms with Gasteiger partial charge in [-0.25, -0.2) is 4.79 Å². The van der Waals surface area contributed by atoms with Crippen molar-refractivity contribution in [2.45, 2.75) is 45.8 Å². The number of aliphatic carboxylic acids is 1. The molecule has 136 valence electrons. The first-order valence-electron chi connectivity index (χ1n) is 8.00. The van der Waals surface area contributed by atoms with Crippen molar-refractivity contribution in [2.75, 3.05) is 6.61 Å². The van der Waals surface area contributed by atoms with Crippen LogP contribution in [-0.2, 0) is 9.53 Å². The Kier molecular flexibility index (Phi) is 6.02. The molecule has 0 aromatic carbocycles. The molecule has 25 heavy (non-hydrogen) atoms. The van der Waals surface area contributed by atoms with Gasteiger partial charge < -0.3 is 19.6 Å². The van der Waals surface area contributed by atoms with E-state index in [1.807, 2.05) is 39.8 Å². The molecule has 0 spiro atoms. The lowest BCUT2D eigenvalue weighted by atomic mass is 10.1. The predicted octanol–water partition coefficient (Wildman–Crippen LogP) is 3.70. The van der Waals surface area contributed by atoms with Crippen molar-refractivity contribution in [3.63, 3.8) is 0 Å². The van der Waals surface area contributed by atoms with Gasteiger partial charge in [0.15, 0.2) is 0 Å². The van der Waals surface area contributed by atoms with E-state index in [2.05, 4.69) is 5.32 Å². The third-order valence-electron chi connectivity index (χ3n) is 3.36. The highest BCUT2D eigenvalue weighted by molar-refractivity contribution is 7.17. The van der Waals surface area contributed by atoms with Gasteiger partial charge in [0.05, 0.1) is 15.4 Å². The number of amides is 1. The quantitative estimate of drug-likeness (QED) is 0.781. The Hall–Kier alpha value is -2.12. The minimum atomic E-state index is -1.08. The number of carboxylic acid groups (broad SMARTS) is 1. The van der Waals surface area contributed by atoms with E-state index in [1.54, 1.807) is 12.1 Å². The second-order valence-electron chi connectivity index (χ2n) is 6.69. The first-order chi connectivity index (χ1) is 11.7. The lowest BCUT2D eigenvalue weighted by molar-refractivity contribution is -0.140. The molecule has 0 aliphatic carbocycles. The van der Waals surface area contributed by atoms with Crippen LogP contribution in [0.15, 0.2) is 28.7 Å². The number of aryl methyl sites for hydroxylation is 1. The van der Waals surface area contributed by atoms with E-state index in [-0.39, 0.29) is 18.6 Å². The molecule has 1 unspecified atom stereocenters. The molecule has 1 atom stereocenters. The van der Waals surface area contributed by atoms with Crippen LogP contribution in [0.3, 0.4) is 0 Å². The van der Waals surface area contributed by atoms with Crippen LogP contribution < -0.4 is 5.32 Å². The van der Waals surface area contributed by atoms with Crippen molar-refractivity contribution >= 4 is 23.2 Å². The second-order valence-corrected chi connectivity index (χ2v) is 7.77. The topological polar surface area (TPSA) is 88.8 Å². The SMILES string of the molecule is Cc1ccc(-c2ccc(C(=O)NC(CCOC(C)(C)C)C(=O)O)s2)o1. The molecule has 6 nitrogen and oxygen atoms in total. The van der Waals surface area contributed by atoms with Crippen LogP contribution in [0.2, 0.25) is 0 Å². The first kappa shape index (κ1) is 19.2. The van der Waals surface area contributed by atoms with Crippen molar-refractivity contribution in [1.82, 2.24) is 5.32 Å². The number of nitrogens with one attached hydrogen (secondary N) is 1. The average molecular weight is 365 g/mol. The fourth-order valence-electron chi connectivity index (χ4n) is 2.13. The maximum absolute atomic E-state index is 12.3. The Labute approximate surface area is 150 Å². The van der Waals surface area contributed by atoms with Crippen LogP contribution in [0, 0.1) is 6.92 Å². The lowest BCUT2D eigenvalue weighted by Gasteiger charge is -2.21. The Morgan fingerprint density at radius 3 is 2.56 bits per heavy atom. The summed E-state index contributed by atoms with van der Waals surface area (Å²) in [6.07, 6.45) is 0.202. The van der Waals surface area contributed by atoms with Gasteiger partial charge in [-0.1, -0.05) is 0 Å². The van der Waals surface area contributed by atoms with E-state index in [0.29, 0.717) is 10.6 Å². The minimum Gasteiger partial charge on any atom is -0.480 e. The molecule has 2 N–H and O–H groups in total. The summed E-state index contributed by atoms with van der Waals surface area (Å²) in [5.74, 6) is -0.0129. The molecule has 0 radical (unpaired) electrons. The van der Waals surface area contributed by atoms with Gasteiger partial charge in [0, 0.05) is 13.0 Å². The number of rotatable bonds is 7. The molecule has 2 aromatic heterocycles. The summed E-state index contributed by atoms with van der Waals surface area (Å²) < 4.78 is 11.1. The van der Waals surface area contributed by atoms with Crippen LogP contribution in [0.25, 0.3) is 10.6 Å². The number of carboxylic acids is 1. The van der Waals surface area contributed by atoms with Gasteiger partial charge in [0.25, 0.3) is 5.91 Å². The van der Waals surface area contributed by atoms with E-state index < -0.39 is 17.9 Å². The van der Waals surface area contributed by atoms with Crippen LogP contribution in [0.5, 0.6) is 0 Å². The number of carbonyl (C=O) groups is 2. The third kappa shape index (κ3) is 5.72. The largest absolute Gasteiger partial charge is 0.480 e. The fraction of sp³-hybridized carbons (Fsp3) is 0.444. The van der Waals surface area contributed by atoms with Gasteiger partial charge in [0.1, 0.15) is 17.6 Å². The molecular formula is C18H23NO5S. The van der Waals surface area contributed by atoms with Crippen LogP contribution >= 0.6 is 11.3 Å².